The lowest BCUT2D eigenvalue weighted by molar-refractivity contribution is 0.693. The van der Waals surface area contributed by atoms with Crippen molar-refractivity contribution in [2.75, 3.05) is 13.1 Å². The van der Waals surface area contributed by atoms with Crippen LogP contribution in [-0.4, -0.2) is 13.1 Å². The molecule has 3 N–H and O–H groups in total. The highest BCUT2D eigenvalue weighted by Crippen LogP contribution is 2.21. The van der Waals surface area contributed by atoms with Crippen LogP contribution in [-0.2, 0) is 6.54 Å². The third kappa shape index (κ3) is 3.65. The van der Waals surface area contributed by atoms with E-state index in [1.807, 2.05) is 18.2 Å². The highest BCUT2D eigenvalue weighted by molar-refractivity contribution is 9.10. The number of benzene rings is 1. The van der Waals surface area contributed by atoms with Gasteiger partial charge in [0.25, 0.3) is 0 Å². The maximum Gasteiger partial charge on any atom is 0.0417 e. The Kier molecular flexibility index (Phi) is 4.73. The zero-order valence-electron chi connectivity index (χ0n) is 7.19. The minimum atomic E-state index is 0.658. The van der Waals surface area contributed by atoms with Crippen molar-refractivity contribution in [1.82, 2.24) is 5.32 Å². The Balaban J connectivity index is 2.56. The van der Waals surface area contributed by atoms with Gasteiger partial charge in [-0.2, -0.15) is 0 Å². The fraction of sp³-hybridized carbons (Fsp3) is 0.333. The molecule has 4 heteroatoms. The van der Waals surface area contributed by atoms with Crippen LogP contribution in [0.25, 0.3) is 0 Å². The SMILES string of the molecule is NCCNCc1ccc(Cl)cc1Br. The summed E-state index contributed by atoms with van der Waals surface area (Å²) in [5.41, 5.74) is 6.55. The molecule has 1 aromatic rings. The highest BCUT2D eigenvalue weighted by Gasteiger charge is 1.99. The third-order valence-corrected chi connectivity index (χ3v) is 2.62. The predicted octanol–water partition coefficient (Wildman–Crippen LogP) is 2.15. The van der Waals surface area contributed by atoms with E-state index in [1.165, 1.54) is 5.56 Å². The van der Waals surface area contributed by atoms with Crippen molar-refractivity contribution in [2.24, 2.45) is 5.73 Å². The fourth-order valence-corrected chi connectivity index (χ4v) is 1.81. The van der Waals surface area contributed by atoms with E-state index in [9.17, 15) is 0 Å². The van der Waals surface area contributed by atoms with Gasteiger partial charge in [-0.3, -0.25) is 0 Å². The molecule has 0 aliphatic heterocycles. The normalized spacial score (nSPS) is 10.4. The van der Waals surface area contributed by atoms with E-state index in [2.05, 4.69) is 21.2 Å². The number of rotatable bonds is 4. The van der Waals surface area contributed by atoms with Gasteiger partial charge >= 0.3 is 0 Å². The van der Waals surface area contributed by atoms with Crippen LogP contribution in [0, 0.1) is 0 Å². The summed E-state index contributed by atoms with van der Waals surface area (Å²) in [6, 6.07) is 5.77. The molecule has 0 saturated heterocycles. The Bertz CT molecular complexity index is 278. The topological polar surface area (TPSA) is 38.0 Å². The first-order valence-corrected chi connectivity index (χ1v) is 5.26. The number of hydrogen-bond donors (Lipinski definition) is 2. The molecule has 0 aliphatic carbocycles. The largest absolute Gasteiger partial charge is 0.329 e. The maximum absolute atomic E-state index is 5.81. The van der Waals surface area contributed by atoms with Gasteiger partial charge < -0.3 is 11.1 Å². The quantitative estimate of drug-likeness (QED) is 0.817. The van der Waals surface area contributed by atoms with E-state index in [1.54, 1.807) is 0 Å². The molecule has 0 bridgehead atoms. The van der Waals surface area contributed by atoms with Crippen molar-refractivity contribution in [3.63, 3.8) is 0 Å². The monoisotopic (exact) mass is 262 g/mol. The minimum absolute atomic E-state index is 0.658. The first-order chi connectivity index (χ1) is 6.24. The van der Waals surface area contributed by atoms with E-state index < -0.39 is 0 Å². The standard InChI is InChI=1S/C9H12BrClN2/c10-9-5-8(11)2-1-7(9)6-13-4-3-12/h1-2,5,13H,3-4,6,12H2. The lowest BCUT2D eigenvalue weighted by Crippen LogP contribution is -2.21. The number of nitrogens with two attached hydrogens (primary N) is 1. The van der Waals surface area contributed by atoms with Crippen LogP contribution in [0.4, 0.5) is 0 Å². The van der Waals surface area contributed by atoms with E-state index >= 15 is 0 Å². The Labute approximate surface area is 91.6 Å². The van der Waals surface area contributed by atoms with Crippen LogP contribution in [0.3, 0.4) is 0 Å². The predicted molar refractivity (Wildman–Crippen MR) is 59.9 cm³/mol. The first kappa shape index (κ1) is 11.0. The lowest BCUT2D eigenvalue weighted by Gasteiger charge is -2.05. The van der Waals surface area contributed by atoms with Gasteiger partial charge in [-0.05, 0) is 17.7 Å². The third-order valence-electron chi connectivity index (χ3n) is 1.65. The second-order valence-corrected chi connectivity index (χ2v) is 3.99. The maximum atomic E-state index is 5.81. The van der Waals surface area contributed by atoms with Gasteiger partial charge in [-0.15, -0.1) is 0 Å². The summed E-state index contributed by atoms with van der Waals surface area (Å²) >= 11 is 9.25. The Morgan fingerprint density at radius 3 is 2.85 bits per heavy atom. The fourth-order valence-electron chi connectivity index (χ4n) is 0.990. The number of hydrogen-bond acceptors (Lipinski definition) is 2. The second-order valence-electron chi connectivity index (χ2n) is 2.70. The average Bonchev–Trinajstić information content (AvgIpc) is 2.09. The minimum Gasteiger partial charge on any atom is -0.329 e. The summed E-state index contributed by atoms with van der Waals surface area (Å²) in [6.45, 7) is 2.30. The number of halogens is 2. The molecule has 0 fully saturated rings. The lowest BCUT2D eigenvalue weighted by atomic mass is 10.2. The summed E-state index contributed by atoms with van der Waals surface area (Å²) in [7, 11) is 0. The zero-order valence-corrected chi connectivity index (χ0v) is 9.53. The zero-order chi connectivity index (χ0) is 9.68. The Morgan fingerprint density at radius 2 is 2.23 bits per heavy atom. The molecule has 1 aromatic carbocycles. The molecule has 0 spiro atoms. The van der Waals surface area contributed by atoms with Crippen LogP contribution in [0.5, 0.6) is 0 Å². The van der Waals surface area contributed by atoms with Crippen LogP contribution in [0.15, 0.2) is 22.7 Å². The average molecular weight is 264 g/mol. The van der Waals surface area contributed by atoms with Crippen LogP contribution in [0.1, 0.15) is 5.56 Å². The highest BCUT2D eigenvalue weighted by atomic mass is 79.9. The molecular formula is C9H12BrClN2. The molecule has 1 rings (SSSR count). The molecule has 72 valence electrons. The van der Waals surface area contributed by atoms with Gasteiger partial charge in [-0.1, -0.05) is 33.6 Å². The molecule has 0 unspecified atom stereocenters. The van der Waals surface area contributed by atoms with Gasteiger partial charge in [0.1, 0.15) is 0 Å². The molecule has 0 radical (unpaired) electrons. The number of nitrogens with one attached hydrogen (secondary N) is 1. The van der Waals surface area contributed by atoms with E-state index in [0.29, 0.717) is 6.54 Å². The van der Waals surface area contributed by atoms with Gasteiger partial charge in [0.2, 0.25) is 0 Å². The first-order valence-electron chi connectivity index (χ1n) is 4.08. The summed E-state index contributed by atoms with van der Waals surface area (Å²) in [4.78, 5) is 0. The van der Waals surface area contributed by atoms with Gasteiger partial charge in [0.15, 0.2) is 0 Å². The molecule has 0 atom stereocenters. The summed E-state index contributed by atoms with van der Waals surface area (Å²) in [5, 5.41) is 3.96. The molecule has 0 heterocycles. The smallest absolute Gasteiger partial charge is 0.0417 e. The van der Waals surface area contributed by atoms with Crippen LogP contribution in [0.2, 0.25) is 5.02 Å². The van der Waals surface area contributed by atoms with Crippen molar-refractivity contribution < 1.29 is 0 Å². The van der Waals surface area contributed by atoms with Crippen molar-refractivity contribution in [1.29, 1.82) is 0 Å². The summed E-state index contributed by atoms with van der Waals surface area (Å²) in [6.07, 6.45) is 0. The van der Waals surface area contributed by atoms with E-state index in [4.69, 9.17) is 17.3 Å². The summed E-state index contributed by atoms with van der Waals surface area (Å²) < 4.78 is 1.03. The molecule has 0 amide bonds. The van der Waals surface area contributed by atoms with Gasteiger partial charge in [-0.25, -0.2) is 0 Å². The second kappa shape index (κ2) is 5.60. The Morgan fingerprint density at radius 1 is 1.46 bits per heavy atom. The van der Waals surface area contributed by atoms with Crippen molar-refractivity contribution >= 4 is 27.5 Å². The Hall–Kier alpha value is -0.0900. The summed E-state index contributed by atoms with van der Waals surface area (Å²) in [5.74, 6) is 0. The molecule has 0 saturated carbocycles. The molecule has 0 aliphatic rings. The molecule has 2 nitrogen and oxygen atoms in total. The van der Waals surface area contributed by atoms with Crippen LogP contribution >= 0.6 is 27.5 Å². The molecular weight excluding hydrogens is 251 g/mol. The van der Waals surface area contributed by atoms with Gasteiger partial charge in [0, 0.05) is 29.1 Å². The molecule has 0 aromatic heterocycles. The van der Waals surface area contributed by atoms with Crippen molar-refractivity contribution in [2.45, 2.75) is 6.54 Å². The van der Waals surface area contributed by atoms with E-state index in [0.717, 1.165) is 22.6 Å². The van der Waals surface area contributed by atoms with E-state index in [-0.39, 0.29) is 0 Å². The molecule has 13 heavy (non-hydrogen) atoms. The van der Waals surface area contributed by atoms with Gasteiger partial charge in [0.05, 0.1) is 0 Å². The van der Waals surface area contributed by atoms with Crippen molar-refractivity contribution in [3.05, 3.63) is 33.3 Å². The van der Waals surface area contributed by atoms with Crippen LogP contribution < -0.4 is 11.1 Å². The van der Waals surface area contributed by atoms with Crippen molar-refractivity contribution in [3.8, 4) is 0 Å².